The summed E-state index contributed by atoms with van der Waals surface area (Å²) in [4.78, 5) is 0.211. The minimum absolute atomic E-state index is 0.0588. The topological polar surface area (TPSA) is 80.8 Å². The minimum Gasteiger partial charge on any atom is -0.266 e. The molecule has 0 bridgehead atoms. The lowest BCUT2D eigenvalue weighted by Crippen LogP contribution is -2.30. The van der Waals surface area contributed by atoms with Crippen molar-refractivity contribution in [1.82, 2.24) is 4.31 Å². The maximum atomic E-state index is 12.4. The maximum absolute atomic E-state index is 12.4. The van der Waals surface area contributed by atoms with Gasteiger partial charge in [0.15, 0.2) is 0 Å². The number of rotatable bonds is 4. The highest BCUT2D eigenvalue weighted by atomic mass is 32.2. The van der Waals surface area contributed by atoms with E-state index in [1.807, 2.05) is 6.92 Å². The van der Waals surface area contributed by atoms with Crippen molar-refractivity contribution >= 4 is 20.1 Å². The molecule has 112 valence electrons. The summed E-state index contributed by atoms with van der Waals surface area (Å²) in [5, 5.41) is 0. The zero-order valence-electron chi connectivity index (χ0n) is 11.3. The molecule has 0 radical (unpaired) electrons. The van der Waals surface area contributed by atoms with Crippen LogP contribution in [-0.4, -0.2) is 46.6 Å². The van der Waals surface area contributed by atoms with Gasteiger partial charge in [0.25, 0.3) is 10.1 Å². The number of hydrogen-bond donors (Lipinski definition) is 0. The smallest absolute Gasteiger partial charge is 0.264 e. The van der Waals surface area contributed by atoms with Gasteiger partial charge in [0.2, 0.25) is 10.0 Å². The molecule has 0 unspecified atom stereocenters. The summed E-state index contributed by atoms with van der Waals surface area (Å²) in [5.74, 6) is 0. The summed E-state index contributed by atoms with van der Waals surface area (Å²) < 4.78 is 53.0. The average molecular weight is 319 g/mol. The van der Waals surface area contributed by atoms with E-state index in [1.54, 1.807) is 24.3 Å². The maximum Gasteiger partial charge on any atom is 0.264 e. The molecule has 1 aliphatic heterocycles. The van der Waals surface area contributed by atoms with Gasteiger partial charge in [0.1, 0.15) is 0 Å². The molecule has 1 aromatic rings. The molecule has 6 nitrogen and oxygen atoms in total. The van der Waals surface area contributed by atoms with E-state index < -0.39 is 26.2 Å². The first kappa shape index (κ1) is 15.4. The summed E-state index contributed by atoms with van der Waals surface area (Å²) in [6, 6.07) is 6.56. The Labute approximate surface area is 119 Å². The van der Waals surface area contributed by atoms with Crippen LogP contribution >= 0.6 is 0 Å². The number of nitrogens with zero attached hydrogens (tertiary/aromatic N) is 1. The highest BCUT2D eigenvalue weighted by Gasteiger charge is 2.34. The van der Waals surface area contributed by atoms with Crippen molar-refractivity contribution in [2.75, 3.05) is 19.3 Å². The third kappa shape index (κ3) is 3.57. The van der Waals surface area contributed by atoms with Crippen LogP contribution < -0.4 is 0 Å². The summed E-state index contributed by atoms with van der Waals surface area (Å²) in [5.41, 5.74) is 0.976. The van der Waals surface area contributed by atoms with Gasteiger partial charge in [0.05, 0.1) is 17.3 Å². The molecule has 2 rings (SSSR count). The van der Waals surface area contributed by atoms with E-state index in [0.717, 1.165) is 11.8 Å². The van der Waals surface area contributed by atoms with E-state index in [4.69, 9.17) is 4.18 Å². The molecule has 0 N–H and O–H groups in total. The van der Waals surface area contributed by atoms with Gasteiger partial charge in [-0.3, -0.25) is 4.18 Å². The van der Waals surface area contributed by atoms with E-state index in [-0.39, 0.29) is 18.0 Å². The minimum atomic E-state index is -3.59. The molecule has 0 aliphatic carbocycles. The van der Waals surface area contributed by atoms with Crippen LogP contribution in [0.3, 0.4) is 0 Å². The van der Waals surface area contributed by atoms with Crippen LogP contribution in [0.4, 0.5) is 0 Å². The molecule has 1 atom stereocenters. The van der Waals surface area contributed by atoms with Gasteiger partial charge in [-0.15, -0.1) is 0 Å². The monoisotopic (exact) mass is 319 g/mol. The zero-order chi connectivity index (χ0) is 15.0. The molecule has 1 aromatic carbocycles. The Morgan fingerprint density at radius 3 is 2.30 bits per heavy atom. The molecular weight excluding hydrogens is 302 g/mol. The highest BCUT2D eigenvalue weighted by Crippen LogP contribution is 2.23. The van der Waals surface area contributed by atoms with Gasteiger partial charge in [-0.05, 0) is 25.5 Å². The van der Waals surface area contributed by atoms with E-state index >= 15 is 0 Å². The summed E-state index contributed by atoms with van der Waals surface area (Å²) >= 11 is 0. The van der Waals surface area contributed by atoms with Crippen LogP contribution in [0.1, 0.15) is 12.0 Å². The molecule has 1 fully saturated rings. The standard InChI is InChI=1S/C12H17NO5S2/c1-10-3-5-12(6-4-10)20(16,17)13-8-7-11(9-13)18-19(2,14)15/h3-6,11H,7-9H2,1-2H3/t11-/m1/s1. The summed E-state index contributed by atoms with van der Waals surface area (Å²) in [7, 11) is -7.15. The Bertz CT molecular complexity index is 679. The number of benzene rings is 1. The van der Waals surface area contributed by atoms with Gasteiger partial charge >= 0.3 is 0 Å². The average Bonchev–Trinajstić information content (AvgIpc) is 2.76. The van der Waals surface area contributed by atoms with Crippen molar-refractivity contribution in [3.8, 4) is 0 Å². The molecule has 0 saturated carbocycles. The van der Waals surface area contributed by atoms with Crippen LogP contribution in [0, 0.1) is 6.92 Å². The molecule has 1 heterocycles. The molecule has 20 heavy (non-hydrogen) atoms. The lowest BCUT2D eigenvalue weighted by Gasteiger charge is -2.16. The lowest BCUT2D eigenvalue weighted by atomic mass is 10.2. The van der Waals surface area contributed by atoms with E-state index in [9.17, 15) is 16.8 Å². The Balaban J connectivity index is 2.14. The van der Waals surface area contributed by atoms with E-state index in [0.29, 0.717) is 6.42 Å². The SMILES string of the molecule is Cc1ccc(S(=O)(=O)N2CC[C@@H](OS(C)(=O)=O)C2)cc1. The van der Waals surface area contributed by atoms with Gasteiger partial charge in [0, 0.05) is 13.1 Å². The summed E-state index contributed by atoms with van der Waals surface area (Å²) in [6.07, 6.45) is 0.729. The van der Waals surface area contributed by atoms with Crippen molar-refractivity contribution in [2.24, 2.45) is 0 Å². The molecule has 8 heteroatoms. The predicted octanol–water partition coefficient (Wildman–Crippen LogP) is 0.734. The van der Waals surface area contributed by atoms with Gasteiger partial charge in [-0.25, -0.2) is 8.42 Å². The third-order valence-electron chi connectivity index (χ3n) is 3.08. The Morgan fingerprint density at radius 2 is 1.75 bits per heavy atom. The number of hydrogen-bond acceptors (Lipinski definition) is 5. The van der Waals surface area contributed by atoms with Crippen LogP contribution in [-0.2, 0) is 24.3 Å². The normalized spacial score (nSPS) is 21.2. The molecule has 0 aromatic heterocycles. The fourth-order valence-corrected chi connectivity index (χ4v) is 4.24. The van der Waals surface area contributed by atoms with Crippen LogP contribution in [0.15, 0.2) is 29.2 Å². The van der Waals surface area contributed by atoms with Crippen molar-refractivity contribution in [3.63, 3.8) is 0 Å². The number of aryl methyl sites for hydroxylation is 1. The first-order valence-electron chi connectivity index (χ1n) is 6.13. The molecule has 1 saturated heterocycles. The van der Waals surface area contributed by atoms with Crippen LogP contribution in [0.2, 0.25) is 0 Å². The molecule has 1 aliphatic rings. The first-order valence-corrected chi connectivity index (χ1v) is 9.39. The van der Waals surface area contributed by atoms with Gasteiger partial charge in [-0.2, -0.15) is 12.7 Å². The van der Waals surface area contributed by atoms with Crippen molar-refractivity contribution in [1.29, 1.82) is 0 Å². The highest BCUT2D eigenvalue weighted by molar-refractivity contribution is 7.89. The van der Waals surface area contributed by atoms with Crippen LogP contribution in [0.5, 0.6) is 0 Å². The van der Waals surface area contributed by atoms with Crippen LogP contribution in [0.25, 0.3) is 0 Å². The Kier molecular flexibility index (Phi) is 4.19. The molecular formula is C12H17NO5S2. The van der Waals surface area contributed by atoms with Crippen molar-refractivity contribution in [3.05, 3.63) is 29.8 Å². The van der Waals surface area contributed by atoms with Gasteiger partial charge in [-0.1, -0.05) is 17.7 Å². The Morgan fingerprint density at radius 1 is 1.15 bits per heavy atom. The quantitative estimate of drug-likeness (QED) is 0.765. The van der Waals surface area contributed by atoms with Gasteiger partial charge < -0.3 is 0 Å². The fourth-order valence-electron chi connectivity index (χ4n) is 2.10. The predicted molar refractivity (Wildman–Crippen MR) is 74.3 cm³/mol. The second-order valence-electron chi connectivity index (χ2n) is 4.89. The fraction of sp³-hybridized carbons (Fsp3) is 0.500. The Hall–Kier alpha value is -0.960. The van der Waals surface area contributed by atoms with E-state index in [1.165, 1.54) is 4.31 Å². The third-order valence-corrected chi connectivity index (χ3v) is 5.58. The second kappa shape index (κ2) is 5.44. The van der Waals surface area contributed by atoms with E-state index in [2.05, 4.69) is 0 Å². The number of sulfonamides is 1. The lowest BCUT2D eigenvalue weighted by molar-refractivity contribution is 0.225. The van der Waals surface area contributed by atoms with Crippen molar-refractivity contribution < 1.29 is 21.0 Å². The largest absolute Gasteiger partial charge is 0.266 e. The van der Waals surface area contributed by atoms with Crippen molar-refractivity contribution in [2.45, 2.75) is 24.3 Å². The zero-order valence-corrected chi connectivity index (χ0v) is 12.9. The second-order valence-corrected chi connectivity index (χ2v) is 8.43. The summed E-state index contributed by atoms with van der Waals surface area (Å²) in [6.45, 7) is 2.20. The molecule has 0 spiro atoms. The first-order chi connectivity index (χ1) is 9.18. The molecule has 0 amide bonds.